The normalized spacial score (nSPS) is 18.7. The largest absolute Gasteiger partial charge is 0.379 e. The van der Waals surface area contributed by atoms with Crippen LogP contribution in [-0.2, 0) is 4.74 Å². The molecular formula is C20H30N4O3. The summed E-state index contributed by atoms with van der Waals surface area (Å²) in [6.45, 7) is 4.80. The van der Waals surface area contributed by atoms with E-state index in [-0.39, 0.29) is 18.0 Å². The number of hydrogen-bond acceptors (Lipinski definition) is 4. The predicted molar refractivity (Wildman–Crippen MR) is 105 cm³/mol. The van der Waals surface area contributed by atoms with Crippen LogP contribution in [0.1, 0.15) is 42.5 Å². The van der Waals surface area contributed by atoms with Crippen molar-refractivity contribution in [2.75, 3.05) is 44.7 Å². The Bertz CT molecular complexity index is 608. The number of carbonyl (C=O) groups excluding carboxylic acids is 2. The maximum atomic E-state index is 12.2. The SMILES string of the molecule is O=C(Nc1ccc(C(=O)NCCN2CCOCC2)cc1)NC1CCCCC1. The van der Waals surface area contributed by atoms with Gasteiger partial charge in [-0.2, -0.15) is 0 Å². The molecule has 2 aliphatic rings. The molecule has 0 aromatic heterocycles. The van der Waals surface area contributed by atoms with Crippen LogP contribution in [0.3, 0.4) is 0 Å². The lowest BCUT2D eigenvalue weighted by atomic mass is 9.96. The van der Waals surface area contributed by atoms with Gasteiger partial charge >= 0.3 is 6.03 Å². The lowest BCUT2D eigenvalue weighted by molar-refractivity contribution is 0.0383. The Morgan fingerprint density at radius 2 is 1.74 bits per heavy atom. The summed E-state index contributed by atoms with van der Waals surface area (Å²) in [6.07, 6.45) is 5.73. The van der Waals surface area contributed by atoms with Crippen molar-refractivity contribution in [3.05, 3.63) is 29.8 Å². The molecule has 1 aromatic carbocycles. The van der Waals surface area contributed by atoms with Gasteiger partial charge in [-0.15, -0.1) is 0 Å². The lowest BCUT2D eigenvalue weighted by Gasteiger charge is -2.26. The molecule has 1 saturated carbocycles. The van der Waals surface area contributed by atoms with Gasteiger partial charge in [0.1, 0.15) is 0 Å². The summed E-state index contributed by atoms with van der Waals surface area (Å²) in [5.41, 5.74) is 1.28. The van der Waals surface area contributed by atoms with E-state index in [1.807, 2.05) is 0 Å². The smallest absolute Gasteiger partial charge is 0.319 e. The number of benzene rings is 1. The molecule has 7 heteroatoms. The third-order valence-electron chi connectivity index (χ3n) is 5.16. The Hall–Kier alpha value is -2.12. The van der Waals surface area contributed by atoms with Gasteiger partial charge in [-0.1, -0.05) is 19.3 Å². The highest BCUT2D eigenvalue weighted by molar-refractivity contribution is 5.95. The minimum atomic E-state index is -0.176. The molecule has 0 unspecified atom stereocenters. The Kier molecular flexibility index (Phi) is 7.47. The fraction of sp³-hybridized carbons (Fsp3) is 0.600. The molecular weight excluding hydrogens is 344 g/mol. The van der Waals surface area contributed by atoms with Crippen molar-refractivity contribution in [1.29, 1.82) is 0 Å². The number of amides is 3. The Morgan fingerprint density at radius 1 is 1.04 bits per heavy atom. The number of urea groups is 1. The summed E-state index contributed by atoms with van der Waals surface area (Å²) in [4.78, 5) is 26.6. The second-order valence-corrected chi connectivity index (χ2v) is 7.22. The molecule has 27 heavy (non-hydrogen) atoms. The summed E-state index contributed by atoms with van der Waals surface area (Å²) >= 11 is 0. The monoisotopic (exact) mass is 374 g/mol. The average Bonchev–Trinajstić information content (AvgIpc) is 2.70. The van der Waals surface area contributed by atoms with Crippen molar-refractivity contribution in [2.45, 2.75) is 38.1 Å². The molecule has 0 radical (unpaired) electrons. The van der Waals surface area contributed by atoms with Crippen LogP contribution < -0.4 is 16.0 Å². The number of ether oxygens (including phenoxy) is 1. The highest BCUT2D eigenvalue weighted by atomic mass is 16.5. The number of rotatable bonds is 6. The van der Waals surface area contributed by atoms with Crippen LogP contribution in [0.4, 0.5) is 10.5 Å². The first-order valence-electron chi connectivity index (χ1n) is 9.96. The molecule has 0 bridgehead atoms. The zero-order valence-corrected chi connectivity index (χ0v) is 15.8. The van der Waals surface area contributed by atoms with E-state index in [9.17, 15) is 9.59 Å². The average molecular weight is 374 g/mol. The van der Waals surface area contributed by atoms with E-state index < -0.39 is 0 Å². The van der Waals surface area contributed by atoms with Crippen molar-refractivity contribution >= 4 is 17.6 Å². The number of nitrogens with zero attached hydrogens (tertiary/aromatic N) is 1. The van der Waals surface area contributed by atoms with Gasteiger partial charge in [-0.05, 0) is 37.1 Å². The second-order valence-electron chi connectivity index (χ2n) is 7.22. The van der Waals surface area contributed by atoms with Crippen LogP contribution in [0.5, 0.6) is 0 Å². The molecule has 1 saturated heterocycles. The summed E-state index contributed by atoms with van der Waals surface area (Å²) in [6, 6.07) is 7.09. The van der Waals surface area contributed by atoms with E-state index in [0.29, 0.717) is 17.8 Å². The van der Waals surface area contributed by atoms with Gasteiger partial charge in [0, 0.05) is 43.5 Å². The van der Waals surface area contributed by atoms with Gasteiger partial charge in [0.05, 0.1) is 13.2 Å². The number of anilines is 1. The van der Waals surface area contributed by atoms with Gasteiger partial charge in [-0.3, -0.25) is 9.69 Å². The van der Waals surface area contributed by atoms with Crippen LogP contribution in [0.2, 0.25) is 0 Å². The zero-order valence-electron chi connectivity index (χ0n) is 15.8. The first kappa shape index (κ1) is 19.6. The molecule has 148 valence electrons. The molecule has 2 fully saturated rings. The quantitative estimate of drug-likeness (QED) is 0.713. The molecule has 7 nitrogen and oxygen atoms in total. The molecule has 1 aromatic rings. The predicted octanol–water partition coefficient (Wildman–Crippen LogP) is 2.20. The van der Waals surface area contributed by atoms with Gasteiger partial charge in [0.15, 0.2) is 0 Å². The summed E-state index contributed by atoms with van der Waals surface area (Å²) in [5, 5.41) is 8.80. The summed E-state index contributed by atoms with van der Waals surface area (Å²) < 4.78 is 5.31. The molecule has 1 aliphatic heterocycles. The second kappa shape index (κ2) is 10.3. The van der Waals surface area contributed by atoms with E-state index in [2.05, 4.69) is 20.9 Å². The fourth-order valence-electron chi connectivity index (χ4n) is 3.56. The molecule has 3 amide bonds. The topological polar surface area (TPSA) is 82.7 Å². The summed E-state index contributed by atoms with van der Waals surface area (Å²) in [7, 11) is 0. The molecule has 1 heterocycles. The molecule has 0 atom stereocenters. The van der Waals surface area contributed by atoms with Gasteiger partial charge in [0.25, 0.3) is 5.91 Å². The van der Waals surface area contributed by atoms with Crippen molar-refractivity contribution in [1.82, 2.24) is 15.5 Å². The number of hydrogen-bond donors (Lipinski definition) is 3. The van der Waals surface area contributed by atoms with E-state index >= 15 is 0 Å². The van der Waals surface area contributed by atoms with Crippen LogP contribution in [0.15, 0.2) is 24.3 Å². The number of carbonyl (C=O) groups is 2. The molecule has 0 spiro atoms. The summed E-state index contributed by atoms with van der Waals surface area (Å²) in [5.74, 6) is -0.0959. The third kappa shape index (κ3) is 6.52. The Balaban J connectivity index is 1.39. The molecule has 3 rings (SSSR count). The number of morpholine rings is 1. The first-order chi connectivity index (χ1) is 13.2. The van der Waals surface area contributed by atoms with Crippen LogP contribution >= 0.6 is 0 Å². The molecule has 3 N–H and O–H groups in total. The van der Waals surface area contributed by atoms with E-state index in [0.717, 1.165) is 45.7 Å². The van der Waals surface area contributed by atoms with Crippen molar-refractivity contribution in [3.63, 3.8) is 0 Å². The van der Waals surface area contributed by atoms with Crippen molar-refractivity contribution in [3.8, 4) is 0 Å². The van der Waals surface area contributed by atoms with Gasteiger partial charge in [-0.25, -0.2) is 4.79 Å². The van der Waals surface area contributed by atoms with Gasteiger partial charge in [0.2, 0.25) is 0 Å². The van der Waals surface area contributed by atoms with Crippen molar-refractivity contribution in [2.24, 2.45) is 0 Å². The molecule has 1 aliphatic carbocycles. The van der Waals surface area contributed by atoms with Crippen molar-refractivity contribution < 1.29 is 14.3 Å². The maximum absolute atomic E-state index is 12.2. The Labute approximate surface area is 160 Å². The minimum absolute atomic E-state index is 0.0959. The highest BCUT2D eigenvalue weighted by Gasteiger charge is 2.16. The lowest BCUT2D eigenvalue weighted by Crippen LogP contribution is -2.41. The van der Waals surface area contributed by atoms with E-state index in [1.54, 1.807) is 24.3 Å². The van der Waals surface area contributed by atoms with Crippen LogP contribution in [0.25, 0.3) is 0 Å². The van der Waals surface area contributed by atoms with Crippen LogP contribution in [-0.4, -0.2) is 62.3 Å². The standard InChI is InChI=1S/C20H30N4O3/c25-19(21-10-11-24-12-14-27-15-13-24)16-6-8-18(9-7-16)23-20(26)22-17-4-2-1-3-5-17/h6-9,17H,1-5,10-15H2,(H,21,25)(H2,22,23,26). The van der Waals surface area contributed by atoms with E-state index in [1.165, 1.54) is 19.3 Å². The fourth-order valence-corrected chi connectivity index (χ4v) is 3.56. The highest BCUT2D eigenvalue weighted by Crippen LogP contribution is 2.17. The minimum Gasteiger partial charge on any atom is -0.379 e. The van der Waals surface area contributed by atoms with Gasteiger partial charge < -0.3 is 20.7 Å². The van der Waals surface area contributed by atoms with Crippen LogP contribution in [0, 0.1) is 0 Å². The van der Waals surface area contributed by atoms with E-state index in [4.69, 9.17) is 4.74 Å². The maximum Gasteiger partial charge on any atom is 0.319 e. The number of nitrogens with one attached hydrogen (secondary N) is 3. The first-order valence-corrected chi connectivity index (χ1v) is 9.96. The third-order valence-corrected chi connectivity index (χ3v) is 5.16. The zero-order chi connectivity index (χ0) is 18.9. The Morgan fingerprint density at radius 3 is 2.44 bits per heavy atom.